The van der Waals surface area contributed by atoms with Crippen molar-refractivity contribution in [2.24, 2.45) is 5.73 Å². The summed E-state index contributed by atoms with van der Waals surface area (Å²) in [6.45, 7) is 2.46. The molecule has 4 rings (SSSR count). The first-order chi connectivity index (χ1) is 14.8. The number of amides is 1. The van der Waals surface area contributed by atoms with Gasteiger partial charge in [0.2, 0.25) is 0 Å². The molecule has 0 aliphatic rings. The summed E-state index contributed by atoms with van der Waals surface area (Å²) in [5.74, 6) is 0.00320. The minimum absolute atomic E-state index is 0.434. The summed E-state index contributed by atoms with van der Waals surface area (Å²) in [4.78, 5) is 12.0. The summed E-state index contributed by atoms with van der Waals surface area (Å²) in [5.41, 5.74) is 9.83. The summed E-state index contributed by atoms with van der Waals surface area (Å²) < 4.78 is 7.61. The Labute approximate surface area is 194 Å². The number of aryl methyl sites for hydroxylation is 1. The van der Waals surface area contributed by atoms with E-state index in [1.54, 1.807) is 30.3 Å². The summed E-state index contributed by atoms with van der Waals surface area (Å²) in [5, 5.41) is 5.84. The summed E-state index contributed by atoms with van der Waals surface area (Å²) in [6.07, 6.45) is 0.714. The van der Waals surface area contributed by atoms with E-state index in [4.69, 9.17) is 45.1 Å². The first kappa shape index (κ1) is 21.5. The highest BCUT2D eigenvalue weighted by molar-refractivity contribution is 6.36. The maximum Gasteiger partial charge on any atom is 0.250 e. The van der Waals surface area contributed by atoms with Crippen LogP contribution in [0, 0.1) is 6.92 Å². The number of halogens is 3. The zero-order valence-corrected chi connectivity index (χ0v) is 18.8. The van der Waals surface area contributed by atoms with E-state index in [1.165, 1.54) is 0 Å². The average molecular weight is 475 g/mol. The number of rotatable bonds is 6. The Bertz CT molecular complexity index is 1280. The predicted molar refractivity (Wildman–Crippen MR) is 124 cm³/mol. The Hall–Kier alpha value is -2.73. The number of nitrogens with two attached hydrogens (primary N) is 1. The number of hydrogen-bond acceptors (Lipinski definition) is 3. The molecular weight excluding hydrogens is 457 g/mol. The van der Waals surface area contributed by atoms with E-state index in [-0.39, 0.29) is 0 Å². The van der Waals surface area contributed by atoms with Gasteiger partial charge in [0.25, 0.3) is 5.91 Å². The molecule has 0 unspecified atom stereocenters. The van der Waals surface area contributed by atoms with E-state index in [2.05, 4.69) is 5.16 Å². The second-order valence-corrected chi connectivity index (χ2v) is 8.41. The fourth-order valence-corrected chi connectivity index (χ4v) is 4.26. The molecule has 2 N–H and O–H groups in total. The molecule has 0 aliphatic carbocycles. The van der Waals surface area contributed by atoms with Crippen LogP contribution in [0.15, 0.2) is 59.1 Å². The predicted octanol–water partition coefficient (Wildman–Crippen LogP) is 6.42. The van der Waals surface area contributed by atoms with E-state index < -0.39 is 5.91 Å². The van der Waals surface area contributed by atoms with Crippen LogP contribution in [0.4, 0.5) is 0 Å². The van der Waals surface area contributed by atoms with Gasteiger partial charge < -0.3 is 14.8 Å². The third-order valence-corrected chi connectivity index (χ3v) is 5.90. The molecule has 8 heteroatoms. The minimum atomic E-state index is -0.499. The Balaban J connectivity index is 1.71. The third-order valence-electron chi connectivity index (χ3n) is 5.11. The van der Waals surface area contributed by atoms with Crippen LogP contribution in [0.2, 0.25) is 15.1 Å². The molecule has 0 saturated carbocycles. The lowest BCUT2D eigenvalue weighted by atomic mass is 10.1. The Morgan fingerprint density at radius 2 is 1.84 bits per heavy atom. The van der Waals surface area contributed by atoms with Gasteiger partial charge in [0.15, 0.2) is 5.76 Å². The van der Waals surface area contributed by atoms with Crippen molar-refractivity contribution in [3.63, 3.8) is 0 Å². The third kappa shape index (κ3) is 4.49. The maximum atomic E-state index is 12.0. The molecule has 0 saturated heterocycles. The van der Waals surface area contributed by atoms with Crippen LogP contribution >= 0.6 is 34.8 Å². The van der Waals surface area contributed by atoms with Crippen LogP contribution in [0.25, 0.3) is 22.7 Å². The SMILES string of the molecule is Cc1c(C(N)=O)cc(-c2cc(-c3ccc(Cl)cc3Cl)no2)n1CCc1cccc(Cl)c1. The highest BCUT2D eigenvalue weighted by atomic mass is 35.5. The molecule has 0 spiro atoms. The lowest BCUT2D eigenvalue weighted by Crippen LogP contribution is -2.13. The Morgan fingerprint density at radius 3 is 2.55 bits per heavy atom. The topological polar surface area (TPSA) is 74.1 Å². The van der Waals surface area contributed by atoms with Crippen molar-refractivity contribution in [3.8, 4) is 22.7 Å². The number of nitrogens with zero attached hydrogens (tertiary/aromatic N) is 2. The average Bonchev–Trinajstić information content (AvgIpc) is 3.31. The molecule has 0 fully saturated rings. The number of hydrogen-bond donors (Lipinski definition) is 1. The molecule has 0 aliphatic heterocycles. The van der Waals surface area contributed by atoms with Crippen molar-refractivity contribution in [1.82, 2.24) is 9.72 Å². The molecule has 2 aromatic heterocycles. The molecule has 4 aromatic rings. The van der Waals surface area contributed by atoms with Gasteiger partial charge in [-0.1, -0.05) is 52.1 Å². The van der Waals surface area contributed by atoms with Gasteiger partial charge in [-0.15, -0.1) is 0 Å². The highest BCUT2D eigenvalue weighted by Gasteiger charge is 2.20. The largest absolute Gasteiger partial charge is 0.366 e. The van der Waals surface area contributed by atoms with Crippen molar-refractivity contribution in [2.45, 2.75) is 19.9 Å². The molecule has 2 heterocycles. The molecular formula is C23H18Cl3N3O2. The molecule has 2 aromatic carbocycles. The minimum Gasteiger partial charge on any atom is -0.366 e. The van der Waals surface area contributed by atoms with E-state index in [1.807, 2.05) is 35.8 Å². The van der Waals surface area contributed by atoms with Crippen LogP contribution in [0.1, 0.15) is 21.6 Å². The fraction of sp³-hybridized carbons (Fsp3) is 0.130. The van der Waals surface area contributed by atoms with Gasteiger partial charge in [-0.25, -0.2) is 0 Å². The summed E-state index contributed by atoms with van der Waals surface area (Å²) >= 11 is 18.4. The Kier molecular flexibility index (Phi) is 6.10. The highest BCUT2D eigenvalue weighted by Crippen LogP contribution is 2.34. The zero-order valence-electron chi connectivity index (χ0n) is 16.5. The zero-order chi connectivity index (χ0) is 22.1. The lowest BCUT2D eigenvalue weighted by molar-refractivity contribution is 0.0999. The summed E-state index contributed by atoms with van der Waals surface area (Å²) in [7, 11) is 0. The molecule has 158 valence electrons. The van der Waals surface area contributed by atoms with Crippen LogP contribution < -0.4 is 5.73 Å². The van der Waals surface area contributed by atoms with Gasteiger partial charge in [-0.3, -0.25) is 4.79 Å². The monoisotopic (exact) mass is 473 g/mol. The Morgan fingerprint density at radius 1 is 1.06 bits per heavy atom. The number of benzene rings is 2. The van der Waals surface area contributed by atoms with E-state index in [9.17, 15) is 4.79 Å². The van der Waals surface area contributed by atoms with Crippen molar-refractivity contribution in [2.75, 3.05) is 0 Å². The quantitative estimate of drug-likeness (QED) is 0.350. The molecule has 0 atom stereocenters. The lowest BCUT2D eigenvalue weighted by Gasteiger charge is -2.10. The van der Waals surface area contributed by atoms with Crippen molar-refractivity contribution < 1.29 is 9.32 Å². The van der Waals surface area contributed by atoms with Crippen molar-refractivity contribution in [3.05, 3.63) is 86.5 Å². The van der Waals surface area contributed by atoms with Crippen LogP contribution in [-0.2, 0) is 13.0 Å². The van der Waals surface area contributed by atoms with Gasteiger partial charge in [-0.05, 0) is 55.3 Å². The molecule has 0 bridgehead atoms. The first-order valence-corrected chi connectivity index (χ1v) is 10.6. The molecule has 0 radical (unpaired) electrons. The number of aromatic nitrogens is 2. The second kappa shape index (κ2) is 8.79. The smallest absolute Gasteiger partial charge is 0.250 e. The maximum absolute atomic E-state index is 12.0. The fourth-order valence-electron chi connectivity index (χ4n) is 3.54. The van der Waals surface area contributed by atoms with Gasteiger partial charge in [0, 0.05) is 33.9 Å². The number of carbonyl (C=O) groups excluding carboxylic acids is 1. The molecule has 1 amide bonds. The van der Waals surface area contributed by atoms with Gasteiger partial charge in [0.1, 0.15) is 5.69 Å². The normalized spacial score (nSPS) is 11.1. The van der Waals surface area contributed by atoms with Gasteiger partial charge in [0.05, 0.1) is 16.3 Å². The van der Waals surface area contributed by atoms with Crippen LogP contribution in [-0.4, -0.2) is 15.6 Å². The summed E-state index contributed by atoms with van der Waals surface area (Å²) in [6, 6.07) is 16.3. The van der Waals surface area contributed by atoms with E-state index in [0.29, 0.717) is 56.3 Å². The van der Waals surface area contributed by atoms with E-state index >= 15 is 0 Å². The van der Waals surface area contributed by atoms with Crippen molar-refractivity contribution >= 4 is 40.7 Å². The number of carbonyl (C=O) groups is 1. The molecule has 31 heavy (non-hydrogen) atoms. The second-order valence-electron chi connectivity index (χ2n) is 7.13. The van der Waals surface area contributed by atoms with E-state index in [0.717, 1.165) is 11.3 Å². The van der Waals surface area contributed by atoms with Gasteiger partial charge in [-0.2, -0.15) is 0 Å². The van der Waals surface area contributed by atoms with Crippen molar-refractivity contribution in [1.29, 1.82) is 0 Å². The number of primary amides is 1. The molecule has 5 nitrogen and oxygen atoms in total. The standard InChI is InChI=1S/C23H18Cl3N3O2/c1-13-18(23(27)30)11-21(29(13)8-7-14-3-2-4-15(24)9-14)22-12-20(28-31-22)17-6-5-16(25)10-19(17)26/h2-6,9-12H,7-8H2,1H3,(H2,27,30). The van der Waals surface area contributed by atoms with Gasteiger partial charge >= 0.3 is 0 Å². The van der Waals surface area contributed by atoms with Crippen LogP contribution in [0.5, 0.6) is 0 Å². The first-order valence-electron chi connectivity index (χ1n) is 9.50. The van der Waals surface area contributed by atoms with Crippen LogP contribution in [0.3, 0.4) is 0 Å².